The Balaban J connectivity index is 2.86. The highest BCUT2D eigenvalue weighted by atomic mass is 14.8. The molecule has 2 rings (SSSR count). The summed E-state index contributed by atoms with van der Waals surface area (Å²) in [6.07, 6.45) is 3.49. The van der Waals surface area contributed by atoms with Crippen LogP contribution in [0.1, 0.15) is 31.9 Å². The summed E-state index contributed by atoms with van der Waals surface area (Å²) in [4.78, 5) is 7.24. The Bertz CT molecular complexity index is 538. The number of rotatable bonds is 0. The lowest BCUT2D eigenvalue weighted by molar-refractivity contribution is 0.595. The van der Waals surface area contributed by atoms with Gasteiger partial charge in [0.25, 0.3) is 0 Å². The summed E-state index contributed by atoms with van der Waals surface area (Å²) in [5.41, 5.74) is 2.64. The highest BCUT2D eigenvalue weighted by Gasteiger charge is 2.19. The lowest BCUT2D eigenvalue weighted by Gasteiger charge is -2.19. The van der Waals surface area contributed by atoms with Crippen LogP contribution in [0, 0.1) is 11.3 Å². The van der Waals surface area contributed by atoms with Crippen molar-refractivity contribution in [3.63, 3.8) is 0 Å². The Morgan fingerprint density at radius 3 is 2.73 bits per heavy atom. The van der Waals surface area contributed by atoms with Crippen molar-refractivity contribution in [1.29, 1.82) is 5.26 Å². The van der Waals surface area contributed by atoms with Crippen molar-refractivity contribution in [2.24, 2.45) is 0 Å². The van der Waals surface area contributed by atoms with Crippen molar-refractivity contribution < 1.29 is 0 Å². The summed E-state index contributed by atoms with van der Waals surface area (Å²) in [7, 11) is 0. The fourth-order valence-electron chi connectivity index (χ4n) is 1.77. The van der Waals surface area contributed by atoms with E-state index >= 15 is 0 Å². The maximum Gasteiger partial charge on any atom is 0.138 e. The number of H-pyrrole nitrogens is 1. The van der Waals surface area contributed by atoms with Gasteiger partial charge in [-0.3, -0.25) is 0 Å². The van der Waals surface area contributed by atoms with Gasteiger partial charge in [0.2, 0.25) is 0 Å². The molecule has 0 saturated carbocycles. The third kappa shape index (κ3) is 1.48. The van der Waals surface area contributed by atoms with Gasteiger partial charge < -0.3 is 4.98 Å². The highest BCUT2D eigenvalue weighted by Crippen LogP contribution is 2.30. The zero-order valence-electron chi connectivity index (χ0n) is 9.13. The van der Waals surface area contributed by atoms with E-state index in [4.69, 9.17) is 5.26 Å². The molecule has 0 saturated heterocycles. The minimum Gasteiger partial charge on any atom is -0.345 e. The zero-order valence-corrected chi connectivity index (χ0v) is 9.13. The van der Waals surface area contributed by atoms with Crippen LogP contribution in [0.25, 0.3) is 11.0 Å². The Kier molecular flexibility index (Phi) is 2.01. The third-order valence-corrected chi connectivity index (χ3v) is 2.50. The molecule has 0 bridgehead atoms. The van der Waals surface area contributed by atoms with E-state index in [1.165, 1.54) is 0 Å². The maximum absolute atomic E-state index is 9.02. The predicted octanol–water partition coefficient (Wildman–Crippen LogP) is 2.73. The van der Waals surface area contributed by atoms with Crippen LogP contribution >= 0.6 is 0 Å². The van der Waals surface area contributed by atoms with Crippen molar-refractivity contribution >= 4 is 11.0 Å². The molecule has 0 amide bonds. The first-order valence-corrected chi connectivity index (χ1v) is 4.90. The largest absolute Gasteiger partial charge is 0.345 e. The average Bonchev–Trinajstić information content (AvgIpc) is 2.58. The average molecular weight is 199 g/mol. The van der Waals surface area contributed by atoms with E-state index in [1.54, 1.807) is 12.4 Å². The summed E-state index contributed by atoms with van der Waals surface area (Å²) >= 11 is 0. The van der Waals surface area contributed by atoms with Crippen LogP contribution in [0.15, 0.2) is 18.5 Å². The van der Waals surface area contributed by atoms with Gasteiger partial charge in [-0.2, -0.15) is 5.26 Å². The van der Waals surface area contributed by atoms with Gasteiger partial charge in [0.15, 0.2) is 0 Å². The van der Waals surface area contributed by atoms with Crippen molar-refractivity contribution in [1.82, 2.24) is 9.97 Å². The second-order valence-electron chi connectivity index (χ2n) is 4.65. The molecule has 0 aliphatic carbocycles. The molecule has 0 radical (unpaired) electrons. The number of fused-ring (bicyclic) bond motifs is 1. The van der Waals surface area contributed by atoms with Crippen molar-refractivity contribution in [2.45, 2.75) is 26.2 Å². The number of nitrogens with zero attached hydrogens (tertiary/aromatic N) is 2. The van der Waals surface area contributed by atoms with Gasteiger partial charge in [0.05, 0.1) is 5.56 Å². The molecule has 0 atom stereocenters. The molecule has 2 aromatic heterocycles. The Hall–Kier alpha value is -1.82. The summed E-state index contributed by atoms with van der Waals surface area (Å²) < 4.78 is 0. The molecule has 2 aromatic rings. The third-order valence-electron chi connectivity index (χ3n) is 2.50. The molecule has 2 heterocycles. The standard InChI is InChI=1S/C12H13N3/c1-12(2,3)9-4-5-14-11-10(9)8(6-13)7-15-11/h4-5,7H,1-3H3,(H,14,15). The Morgan fingerprint density at radius 2 is 2.13 bits per heavy atom. The Labute approximate surface area is 88.8 Å². The summed E-state index contributed by atoms with van der Waals surface area (Å²) in [6.45, 7) is 6.40. The van der Waals surface area contributed by atoms with Crippen molar-refractivity contribution in [3.05, 3.63) is 29.6 Å². The number of nitrogens with one attached hydrogen (secondary N) is 1. The molecule has 3 nitrogen and oxygen atoms in total. The predicted molar refractivity (Wildman–Crippen MR) is 59.5 cm³/mol. The quantitative estimate of drug-likeness (QED) is 0.709. The molecule has 0 aliphatic rings. The number of aromatic nitrogens is 2. The molecule has 76 valence electrons. The number of pyridine rings is 1. The minimum atomic E-state index is 0.0228. The monoisotopic (exact) mass is 199 g/mol. The van der Waals surface area contributed by atoms with Crippen LogP contribution < -0.4 is 0 Å². The van der Waals surface area contributed by atoms with Gasteiger partial charge in [-0.05, 0) is 17.0 Å². The number of hydrogen-bond acceptors (Lipinski definition) is 2. The molecule has 0 aliphatic heterocycles. The van der Waals surface area contributed by atoms with E-state index in [1.807, 2.05) is 6.07 Å². The SMILES string of the molecule is CC(C)(C)c1ccnc2[nH]cc(C#N)c12. The van der Waals surface area contributed by atoms with Crippen molar-refractivity contribution in [2.75, 3.05) is 0 Å². The van der Waals surface area contributed by atoms with Gasteiger partial charge in [0, 0.05) is 17.8 Å². The Morgan fingerprint density at radius 1 is 1.40 bits per heavy atom. The molecular formula is C12H13N3. The van der Waals surface area contributed by atoms with Gasteiger partial charge in [0.1, 0.15) is 11.7 Å². The second kappa shape index (κ2) is 3.09. The van der Waals surface area contributed by atoms with Gasteiger partial charge in [-0.1, -0.05) is 20.8 Å². The van der Waals surface area contributed by atoms with Crippen LogP contribution in [0.3, 0.4) is 0 Å². The molecule has 15 heavy (non-hydrogen) atoms. The number of aromatic amines is 1. The molecule has 0 spiro atoms. The van der Waals surface area contributed by atoms with Gasteiger partial charge >= 0.3 is 0 Å². The second-order valence-corrected chi connectivity index (χ2v) is 4.65. The van der Waals surface area contributed by atoms with Crippen LogP contribution in [0.5, 0.6) is 0 Å². The fraction of sp³-hybridized carbons (Fsp3) is 0.333. The summed E-state index contributed by atoms with van der Waals surface area (Å²) in [6, 6.07) is 4.17. The first kappa shape index (κ1) is 9.72. The number of nitriles is 1. The van der Waals surface area contributed by atoms with Crippen LogP contribution in [0.4, 0.5) is 0 Å². The van der Waals surface area contributed by atoms with Gasteiger partial charge in [-0.15, -0.1) is 0 Å². The van der Waals surface area contributed by atoms with E-state index in [0.717, 1.165) is 16.6 Å². The molecule has 3 heteroatoms. The zero-order chi connectivity index (χ0) is 11.1. The van der Waals surface area contributed by atoms with Crippen LogP contribution in [-0.4, -0.2) is 9.97 Å². The van der Waals surface area contributed by atoms with E-state index in [2.05, 4.69) is 36.8 Å². The molecule has 0 unspecified atom stereocenters. The lowest BCUT2D eigenvalue weighted by Crippen LogP contribution is -2.11. The maximum atomic E-state index is 9.02. The molecule has 0 fully saturated rings. The van der Waals surface area contributed by atoms with E-state index < -0.39 is 0 Å². The number of hydrogen-bond donors (Lipinski definition) is 1. The van der Waals surface area contributed by atoms with E-state index in [9.17, 15) is 0 Å². The topological polar surface area (TPSA) is 52.5 Å². The van der Waals surface area contributed by atoms with E-state index in [0.29, 0.717) is 5.56 Å². The summed E-state index contributed by atoms with van der Waals surface area (Å²) in [5, 5.41) is 9.97. The molecular weight excluding hydrogens is 186 g/mol. The minimum absolute atomic E-state index is 0.0228. The molecule has 0 aromatic carbocycles. The lowest BCUT2D eigenvalue weighted by atomic mass is 9.85. The fourth-order valence-corrected chi connectivity index (χ4v) is 1.77. The normalized spacial score (nSPS) is 11.6. The van der Waals surface area contributed by atoms with Crippen LogP contribution in [-0.2, 0) is 5.41 Å². The highest BCUT2D eigenvalue weighted by molar-refractivity contribution is 5.86. The van der Waals surface area contributed by atoms with Crippen LogP contribution in [0.2, 0.25) is 0 Å². The molecule has 1 N–H and O–H groups in total. The summed E-state index contributed by atoms with van der Waals surface area (Å²) in [5.74, 6) is 0. The first-order chi connectivity index (χ1) is 7.04. The van der Waals surface area contributed by atoms with Gasteiger partial charge in [-0.25, -0.2) is 4.98 Å². The smallest absolute Gasteiger partial charge is 0.138 e. The van der Waals surface area contributed by atoms with E-state index in [-0.39, 0.29) is 5.41 Å². The first-order valence-electron chi connectivity index (χ1n) is 4.90. The van der Waals surface area contributed by atoms with Crippen molar-refractivity contribution in [3.8, 4) is 6.07 Å².